The van der Waals surface area contributed by atoms with Gasteiger partial charge in [0.05, 0.1) is 12.1 Å². The molecule has 0 saturated heterocycles. The van der Waals surface area contributed by atoms with Gasteiger partial charge < -0.3 is 5.32 Å². The summed E-state index contributed by atoms with van der Waals surface area (Å²) in [7, 11) is 0. The number of hydrogen-bond donors (Lipinski definition) is 2. The summed E-state index contributed by atoms with van der Waals surface area (Å²) in [5, 5.41) is 5.84. The molecule has 0 atom stereocenters. The SMILES string of the molecule is O=[C]CNC(=O)Nc1ccc2ccccc2n1. The van der Waals surface area contributed by atoms with E-state index in [1.807, 2.05) is 30.3 Å². The number of pyridine rings is 1. The molecule has 0 fully saturated rings. The van der Waals surface area contributed by atoms with E-state index in [4.69, 9.17) is 0 Å². The molecule has 0 bridgehead atoms. The van der Waals surface area contributed by atoms with Gasteiger partial charge in [-0.2, -0.15) is 0 Å². The van der Waals surface area contributed by atoms with E-state index < -0.39 is 6.03 Å². The van der Waals surface area contributed by atoms with Crippen LogP contribution in [0, 0.1) is 0 Å². The number of nitrogens with zero attached hydrogens (tertiary/aromatic N) is 1. The Hall–Kier alpha value is -2.43. The van der Waals surface area contributed by atoms with Crippen molar-refractivity contribution in [2.45, 2.75) is 0 Å². The van der Waals surface area contributed by atoms with Crippen LogP contribution in [0.15, 0.2) is 36.4 Å². The first-order chi connectivity index (χ1) is 8.29. The van der Waals surface area contributed by atoms with Crippen molar-refractivity contribution < 1.29 is 9.59 Å². The first kappa shape index (κ1) is 11.1. The van der Waals surface area contributed by atoms with Gasteiger partial charge in [-0.1, -0.05) is 18.2 Å². The fourth-order valence-electron chi connectivity index (χ4n) is 1.41. The van der Waals surface area contributed by atoms with Gasteiger partial charge in [0.2, 0.25) is 6.29 Å². The maximum Gasteiger partial charge on any atom is 0.320 e. The third-order valence-corrected chi connectivity index (χ3v) is 2.16. The zero-order chi connectivity index (χ0) is 12.1. The van der Waals surface area contributed by atoms with Gasteiger partial charge in [-0.25, -0.2) is 9.78 Å². The van der Waals surface area contributed by atoms with Crippen LogP contribution >= 0.6 is 0 Å². The van der Waals surface area contributed by atoms with Crippen LogP contribution < -0.4 is 10.6 Å². The van der Waals surface area contributed by atoms with E-state index in [2.05, 4.69) is 15.6 Å². The number of hydrogen-bond acceptors (Lipinski definition) is 3. The highest BCUT2D eigenvalue weighted by Gasteiger charge is 2.02. The molecule has 5 heteroatoms. The molecule has 1 aromatic carbocycles. The maximum absolute atomic E-state index is 11.3. The number of carbonyl (C=O) groups excluding carboxylic acids is 2. The van der Waals surface area contributed by atoms with Gasteiger partial charge in [-0.3, -0.25) is 10.1 Å². The first-order valence-corrected chi connectivity index (χ1v) is 5.05. The highest BCUT2D eigenvalue weighted by molar-refractivity contribution is 5.91. The molecular formula is C12H10N3O2. The van der Waals surface area contributed by atoms with E-state index >= 15 is 0 Å². The van der Waals surface area contributed by atoms with E-state index in [0.29, 0.717) is 5.82 Å². The Morgan fingerprint density at radius 3 is 2.88 bits per heavy atom. The van der Waals surface area contributed by atoms with Gasteiger partial charge in [0.25, 0.3) is 0 Å². The fourth-order valence-corrected chi connectivity index (χ4v) is 1.41. The molecule has 5 nitrogen and oxygen atoms in total. The number of anilines is 1. The minimum absolute atomic E-state index is 0.139. The Balaban J connectivity index is 2.13. The van der Waals surface area contributed by atoms with E-state index in [-0.39, 0.29) is 6.54 Å². The van der Waals surface area contributed by atoms with Gasteiger partial charge in [-0.05, 0) is 18.2 Å². The van der Waals surface area contributed by atoms with Crippen molar-refractivity contribution in [3.05, 3.63) is 36.4 Å². The maximum atomic E-state index is 11.3. The average molecular weight is 228 g/mol. The van der Waals surface area contributed by atoms with Gasteiger partial charge in [0, 0.05) is 5.39 Å². The Morgan fingerprint density at radius 2 is 2.06 bits per heavy atom. The molecule has 0 unspecified atom stereocenters. The van der Waals surface area contributed by atoms with Crippen LogP contribution in [0.1, 0.15) is 0 Å². The lowest BCUT2D eigenvalue weighted by Crippen LogP contribution is -2.30. The lowest BCUT2D eigenvalue weighted by Gasteiger charge is -2.05. The zero-order valence-electron chi connectivity index (χ0n) is 8.93. The summed E-state index contributed by atoms with van der Waals surface area (Å²) in [6.07, 6.45) is 1.57. The molecular weight excluding hydrogens is 218 g/mol. The van der Waals surface area contributed by atoms with Crippen molar-refractivity contribution in [2.24, 2.45) is 0 Å². The van der Waals surface area contributed by atoms with Crippen LogP contribution in [0.3, 0.4) is 0 Å². The number of carbonyl (C=O) groups is 1. The van der Waals surface area contributed by atoms with Crippen molar-refractivity contribution >= 4 is 29.0 Å². The molecule has 0 saturated carbocycles. The second-order valence-corrected chi connectivity index (χ2v) is 3.34. The molecule has 0 aliphatic carbocycles. The highest BCUT2D eigenvalue weighted by atomic mass is 16.2. The number of rotatable bonds is 3. The minimum atomic E-state index is -0.476. The largest absolute Gasteiger partial charge is 0.330 e. The van der Waals surface area contributed by atoms with Crippen molar-refractivity contribution in [3.63, 3.8) is 0 Å². The number of benzene rings is 1. The predicted molar refractivity (Wildman–Crippen MR) is 64.5 cm³/mol. The third kappa shape index (κ3) is 2.78. The summed E-state index contributed by atoms with van der Waals surface area (Å²) in [6, 6.07) is 10.7. The van der Waals surface area contributed by atoms with E-state index in [9.17, 15) is 9.59 Å². The third-order valence-electron chi connectivity index (χ3n) is 2.16. The monoisotopic (exact) mass is 228 g/mol. The number of amides is 2. The molecule has 17 heavy (non-hydrogen) atoms. The van der Waals surface area contributed by atoms with Gasteiger partial charge in [0.1, 0.15) is 5.82 Å². The van der Waals surface area contributed by atoms with E-state index in [1.54, 1.807) is 12.4 Å². The van der Waals surface area contributed by atoms with Gasteiger partial charge >= 0.3 is 6.03 Å². The minimum Gasteiger partial charge on any atom is -0.330 e. The Labute approximate surface area is 97.9 Å². The predicted octanol–water partition coefficient (Wildman–Crippen LogP) is 1.47. The summed E-state index contributed by atoms with van der Waals surface area (Å²) in [5.41, 5.74) is 0.798. The molecule has 2 amide bonds. The smallest absolute Gasteiger partial charge is 0.320 e. The topological polar surface area (TPSA) is 71.1 Å². The van der Waals surface area contributed by atoms with E-state index in [1.165, 1.54) is 0 Å². The first-order valence-electron chi connectivity index (χ1n) is 5.05. The zero-order valence-corrected chi connectivity index (χ0v) is 8.93. The molecule has 0 aliphatic rings. The summed E-state index contributed by atoms with van der Waals surface area (Å²) < 4.78 is 0. The van der Waals surface area contributed by atoms with Crippen LogP contribution in [0.5, 0.6) is 0 Å². The molecule has 0 spiro atoms. The molecule has 2 rings (SSSR count). The van der Waals surface area contributed by atoms with Gasteiger partial charge in [-0.15, -0.1) is 0 Å². The number of aromatic nitrogens is 1. The van der Waals surface area contributed by atoms with Gasteiger partial charge in [0.15, 0.2) is 0 Å². The molecule has 1 aromatic heterocycles. The van der Waals surface area contributed by atoms with Crippen molar-refractivity contribution in [3.8, 4) is 0 Å². The number of nitrogens with one attached hydrogen (secondary N) is 2. The van der Waals surface area contributed by atoms with Crippen molar-refractivity contribution in [2.75, 3.05) is 11.9 Å². The average Bonchev–Trinajstić information content (AvgIpc) is 2.36. The summed E-state index contributed by atoms with van der Waals surface area (Å²) in [5.74, 6) is 0.437. The fraction of sp³-hybridized carbons (Fsp3) is 0.0833. The normalized spacial score (nSPS) is 9.88. The number of para-hydroxylation sites is 1. The van der Waals surface area contributed by atoms with Crippen LogP contribution in [0.2, 0.25) is 0 Å². The number of fused-ring (bicyclic) bond motifs is 1. The molecule has 2 N–H and O–H groups in total. The quantitative estimate of drug-likeness (QED) is 0.835. The molecule has 85 valence electrons. The summed E-state index contributed by atoms with van der Waals surface area (Å²) in [4.78, 5) is 25.5. The van der Waals surface area contributed by atoms with E-state index in [0.717, 1.165) is 10.9 Å². The number of urea groups is 1. The van der Waals surface area contributed by atoms with Crippen LogP contribution in [0.4, 0.5) is 10.6 Å². The Bertz CT molecular complexity index is 554. The second kappa shape index (κ2) is 5.07. The lowest BCUT2D eigenvalue weighted by atomic mass is 10.2. The van der Waals surface area contributed by atoms with Crippen LogP contribution in [-0.2, 0) is 4.79 Å². The molecule has 1 heterocycles. The second-order valence-electron chi connectivity index (χ2n) is 3.34. The Morgan fingerprint density at radius 1 is 1.24 bits per heavy atom. The summed E-state index contributed by atoms with van der Waals surface area (Å²) in [6.45, 7) is -0.139. The Kier molecular flexibility index (Phi) is 3.30. The summed E-state index contributed by atoms with van der Waals surface area (Å²) >= 11 is 0. The van der Waals surface area contributed by atoms with Crippen LogP contribution in [0.25, 0.3) is 10.9 Å². The molecule has 1 radical (unpaired) electrons. The van der Waals surface area contributed by atoms with Crippen LogP contribution in [-0.4, -0.2) is 23.8 Å². The highest BCUT2D eigenvalue weighted by Crippen LogP contribution is 2.14. The molecule has 0 aliphatic heterocycles. The standard InChI is InChI=1S/C12H10N3O2/c16-8-7-13-12(17)15-11-6-5-9-3-1-2-4-10(9)14-11/h1-6H,7H2,(H2,13,14,15,17). The lowest BCUT2D eigenvalue weighted by molar-refractivity contribution is 0.253. The van der Waals surface area contributed by atoms with Crippen molar-refractivity contribution in [1.29, 1.82) is 0 Å². The van der Waals surface area contributed by atoms with Crippen molar-refractivity contribution in [1.82, 2.24) is 10.3 Å². The molecule has 2 aromatic rings.